The van der Waals surface area contributed by atoms with Crippen molar-refractivity contribution in [3.8, 4) is 0 Å². The van der Waals surface area contributed by atoms with E-state index in [-0.39, 0.29) is 0 Å². The van der Waals surface area contributed by atoms with Crippen LogP contribution in [0.15, 0.2) is 12.3 Å². The van der Waals surface area contributed by atoms with E-state index < -0.39 is 0 Å². The smallest absolute Gasteiger partial charge is 0.128 e. The lowest BCUT2D eigenvalue weighted by Gasteiger charge is -2.21. The lowest BCUT2D eigenvalue weighted by Crippen LogP contribution is -2.17. The monoisotopic (exact) mass is 247 g/mol. The van der Waals surface area contributed by atoms with Crippen LogP contribution < -0.4 is 5.32 Å². The fourth-order valence-corrected chi connectivity index (χ4v) is 2.88. The third kappa shape index (κ3) is 2.87. The molecule has 98 valence electrons. The lowest BCUT2D eigenvalue weighted by atomic mass is 9.96. The molecule has 3 heterocycles. The summed E-state index contributed by atoms with van der Waals surface area (Å²) >= 11 is 0. The van der Waals surface area contributed by atoms with Crippen LogP contribution >= 0.6 is 0 Å². The van der Waals surface area contributed by atoms with Crippen LogP contribution in [0.5, 0.6) is 0 Å². The van der Waals surface area contributed by atoms with Crippen LogP contribution in [0.2, 0.25) is 0 Å². The van der Waals surface area contributed by atoms with Crippen LogP contribution in [0, 0.1) is 5.92 Å². The van der Waals surface area contributed by atoms with Gasteiger partial charge in [0.2, 0.25) is 0 Å². The first kappa shape index (κ1) is 12.1. The molecular formula is C14H21N3O. The Morgan fingerprint density at radius 1 is 1.28 bits per heavy atom. The third-order valence-corrected chi connectivity index (χ3v) is 4.00. The molecule has 2 aliphatic heterocycles. The highest BCUT2D eigenvalue weighted by Crippen LogP contribution is 2.25. The van der Waals surface area contributed by atoms with Crippen molar-refractivity contribution in [3.63, 3.8) is 0 Å². The van der Waals surface area contributed by atoms with E-state index in [4.69, 9.17) is 9.72 Å². The molecule has 1 unspecified atom stereocenters. The maximum atomic E-state index is 5.41. The van der Waals surface area contributed by atoms with Crippen molar-refractivity contribution in [2.24, 2.45) is 5.92 Å². The molecule has 2 aliphatic rings. The summed E-state index contributed by atoms with van der Waals surface area (Å²) in [6.45, 7) is 4.00. The van der Waals surface area contributed by atoms with Crippen LogP contribution in [0.3, 0.4) is 0 Å². The Labute approximate surface area is 108 Å². The van der Waals surface area contributed by atoms with Crippen molar-refractivity contribution in [1.82, 2.24) is 15.3 Å². The Morgan fingerprint density at radius 2 is 2.17 bits per heavy atom. The molecular weight excluding hydrogens is 226 g/mol. The second-order valence-corrected chi connectivity index (χ2v) is 5.35. The molecule has 0 radical (unpaired) electrons. The predicted octanol–water partition coefficient (Wildman–Crippen LogP) is 1.52. The van der Waals surface area contributed by atoms with Crippen LogP contribution in [0.4, 0.5) is 0 Å². The summed E-state index contributed by atoms with van der Waals surface area (Å²) in [5.41, 5.74) is 1.22. The van der Waals surface area contributed by atoms with Gasteiger partial charge in [0, 0.05) is 37.4 Å². The molecule has 4 heteroatoms. The molecule has 1 aromatic rings. The largest absolute Gasteiger partial charge is 0.381 e. The van der Waals surface area contributed by atoms with Gasteiger partial charge >= 0.3 is 0 Å². The fraction of sp³-hybridized carbons (Fsp3) is 0.714. The van der Waals surface area contributed by atoms with Crippen LogP contribution in [-0.4, -0.2) is 36.3 Å². The average Bonchev–Trinajstić information content (AvgIpc) is 2.93. The molecule has 1 aromatic heterocycles. The van der Waals surface area contributed by atoms with E-state index in [9.17, 15) is 0 Å². The Balaban J connectivity index is 1.67. The summed E-state index contributed by atoms with van der Waals surface area (Å²) in [6.07, 6.45) is 6.40. The van der Waals surface area contributed by atoms with Gasteiger partial charge in [-0.25, -0.2) is 9.97 Å². The minimum Gasteiger partial charge on any atom is -0.381 e. The van der Waals surface area contributed by atoms with Crippen molar-refractivity contribution in [3.05, 3.63) is 23.8 Å². The molecule has 2 fully saturated rings. The summed E-state index contributed by atoms with van der Waals surface area (Å²) in [5, 5.41) is 3.40. The van der Waals surface area contributed by atoms with Crippen molar-refractivity contribution >= 4 is 0 Å². The molecule has 2 saturated heterocycles. The summed E-state index contributed by atoms with van der Waals surface area (Å²) < 4.78 is 5.41. The Bertz CT molecular complexity index is 384. The Hall–Kier alpha value is -1.00. The Kier molecular flexibility index (Phi) is 3.86. The van der Waals surface area contributed by atoms with Crippen molar-refractivity contribution in [2.75, 3.05) is 26.3 Å². The van der Waals surface area contributed by atoms with Crippen molar-refractivity contribution < 1.29 is 4.74 Å². The predicted molar refractivity (Wildman–Crippen MR) is 69.5 cm³/mol. The molecule has 18 heavy (non-hydrogen) atoms. The zero-order valence-corrected chi connectivity index (χ0v) is 10.8. The molecule has 0 aliphatic carbocycles. The third-order valence-electron chi connectivity index (χ3n) is 4.00. The highest BCUT2D eigenvalue weighted by Gasteiger charge is 2.19. The van der Waals surface area contributed by atoms with E-state index >= 15 is 0 Å². The van der Waals surface area contributed by atoms with Gasteiger partial charge in [-0.3, -0.25) is 0 Å². The maximum absolute atomic E-state index is 5.41. The van der Waals surface area contributed by atoms with Gasteiger partial charge < -0.3 is 10.1 Å². The van der Waals surface area contributed by atoms with Crippen molar-refractivity contribution in [1.29, 1.82) is 0 Å². The summed E-state index contributed by atoms with van der Waals surface area (Å²) in [5.74, 6) is 2.31. The van der Waals surface area contributed by atoms with Gasteiger partial charge in [-0.1, -0.05) is 0 Å². The van der Waals surface area contributed by atoms with Gasteiger partial charge in [-0.2, -0.15) is 0 Å². The van der Waals surface area contributed by atoms with Gasteiger partial charge in [0.1, 0.15) is 5.82 Å². The zero-order chi connectivity index (χ0) is 12.2. The molecule has 0 spiro atoms. The van der Waals surface area contributed by atoms with E-state index in [0.29, 0.717) is 5.92 Å². The molecule has 4 nitrogen and oxygen atoms in total. The minimum atomic E-state index is 0.571. The number of aromatic nitrogens is 2. The number of nitrogens with one attached hydrogen (secondary N) is 1. The van der Waals surface area contributed by atoms with E-state index in [0.717, 1.165) is 57.3 Å². The van der Waals surface area contributed by atoms with Crippen LogP contribution in [0.25, 0.3) is 0 Å². The topological polar surface area (TPSA) is 47.0 Å². The van der Waals surface area contributed by atoms with Gasteiger partial charge in [-0.05, 0) is 44.3 Å². The summed E-state index contributed by atoms with van der Waals surface area (Å²) in [4.78, 5) is 9.19. The van der Waals surface area contributed by atoms with E-state index in [2.05, 4.69) is 16.4 Å². The molecule has 1 N–H and O–H groups in total. The van der Waals surface area contributed by atoms with E-state index in [1.807, 2.05) is 6.20 Å². The number of rotatable bonds is 3. The van der Waals surface area contributed by atoms with Crippen LogP contribution in [-0.2, 0) is 11.2 Å². The number of hydrogen-bond donors (Lipinski definition) is 1. The van der Waals surface area contributed by atoms with Gasteiger partial charge in [-0.15, -0.1) is 0 Å². The molecule has 0 saturated carbocycles. The molecule has 3 rings (SSSR count). The van der Waals surface area contributed by atoms with Crippen molar-refractivity contribution in [2.45, 2.75) is 31.6 Å². The van der Waals surface area contributed by atoms with Gasteiger partial charge in [0.05, 0.1) is 0 Å². The normalized spacial score (nSPS) is 25.4. The van der Waals surface area contributed by atoms with Gasteiger partial charge in [0.25, 0.3) is 0 Å². The number of hydrogen-bond acceptors (Lipinski definition) is 4. The lowest BCUT2D eigenvalue weighted by molar-refractivity contribution is 0.0844. The Morgan fingerprint density at radius 3 is 2.94 bits per heavy atom. The summed E-state index contributed by atoms with van der Waals surface area (Å²) in [6, 6.07) is 2.08. The number of ether oxygens (including phenoxy) is 1. The maximum Gasteiger partial charge on any atom is 0.128 e. The van der Waals surface area contributed by atoms with Crippen LogP contribution in [0.1, 0.15) is 36.7 Å². The second-order valence-electron chi connectivity index (χ2n) is 5.35. The molecule has 1 atom stereocenters. The fourth-order valence-electron chi connectivity index (χ4n) is 2.88. The first-order valence-electron chi connectivity index (χ1n) is 7.02. The quantitative estimate of drug-likeness (QED) is 0.880. The first-order valence-corrected chi connectivity index (χ1v) is 7.02. The molecule has 0 amide bonds. The molecule has 0 aromatic carbocycles. The molecule has 0 bridgehead atoms. The van der Waals surface area contributed by atoms with E-state index in [1.165, 1.54) is 12.1 Å². The number of nitrogens with zero attached hydrogens (tertiary/aromatic N) is 2. The first-order chi connectivity index (χ1) is 8.92. The average molecular weight is 247 g/mol. The standard InChI is InChI=1S/C14H21N3O/c1-5-15-10-11(1)9-14-16-6-2-13(17-14)12-3-7-18-8-4-12/h2,6,11-12,15H,1,3-5,7-10H2. The second kappa shape index (κ2) is 5.76. The van der Waals surface area contributed by atoms with Gasteiger partial charge in [0.15, 0.2) is 0 Å². The minimum absolute atomic E-state index is 0.571. The summed E-state index contributed by atoms with van der Waals surface area (Å²) in [7, 11) is 0. The SMILES string of the molecule is c1cc(C2CCOCC2)nc(CC2CCNC2)n1. The zero-order valence-electron chi connectivity index (χ0n) is 10.8. The highest BCUT2D eigenvalue weighted by molar-refractivity contribution is 5.09. The van der Waals surface area contributed by atoms with E-state index in [1.54, 1.807) is 0 Å². The highest BCUT2D eigenvalue weighted by atomic mass is 16.5.